The third kappa shape index (κ3) is 4.03. The predicted octanol–water partition coefficient (Wildman–Crippen LogP) is 1.69. The summed E-state index contributed by atoms with van der Waals surface area (Å²) in [6.45, 7) is 0. The molecule has 0 heterocycles. The maximum Gasteiger partial charge on any atom is 0.255 e. The monoisotopic (exact) mass is 314 g/mol. The molecule has 0 aliphatic rings. The molecular formula is C15H14N4O2S. The Labute approximate surface area is 132 Å². The largest absolute Gasteiger partial charge is 0.376 e. The number of hydrogen-bond acceptors (Lipinski definition) is 3. The van der Waals surface area contributed by atoms with Gasteiger partial charge in [0.05, 0.1) is 0 Å². The first-order valence-electron chi connectivity index (χ1n) is 6.33. The lowest BCUT2D eigenvalue weighted by Gasteiger charge is -2.07. The predicted molar refractivity (Wildman–Crippen MR) is 89.8 cm³/mol. The molecule has 0 saturated carbocycles. The summed E-state index contributed by atoms with van der Waals surface area (Å²) in [4.78, 5) is 23.1. The van der Waals surface area contributed by atoms with Crippen LogP contribution >= 0.6 is 12.2 Å². The molecule has 6 N–H and O–H groups in total. The zero-order chi connectivity index (χ0) is 16.1. The van der Waals surface area contributed by atoms with Crippen molar-refractivity contribution < 1.29 is 9.59 Å². The van der Waals surface area contributed by atoms with Crippen molar-refractivity contribution >= 4 is 40.5 Å². The highest BCUT2D eigenvalue weighted by atomic mass is 32.1. The second kappa shape index (κ2) is 6.68. The molecule has 0 spiro atoms. The van der Waals surface area contributed by atoms with Gasteiger partial charge >= 0.3 is 0 Å². The second-order valence-electron chi connectivity index (χ2n) is 4.46. The zero-order valence-corrected chi connectivity index (χ0v) is 12.3. The van der Waals surface area contributed by atoms with E-state index in [0.717, 1.165) is 0 Å². The number of hydrogen-bond donors (Lipinski definition) is 4. The Morgan fingerprint density at radius 1 is 0.773 bits per heavy atom. The molecule has 2 rings (SSSR count). The first-order chi connectivity index (χ1) is 10.5. The molecule has 0 aliphatic carbocycles. The Kier molecular flexibility index (Phi) is 4.70. The van der Waals surface area contributed by atoms with Crippen molar-refractivity contribution in [1.82, 2.24) is 0 Å². The zero-order valence-electron chi connectivity index (χ0n) is 11.5. The first kappa shape index (κ1) is 15.5. The van der Waals surface area contributed by atoms with E-state index in [-0.39, 0.29) is 11.0 Å². The number of nitrogens with two attached hydrogens (primary N) is 2. The third-order valence-electron chi connectivity index (χ3n) is 2.84. The average Bonchev–Trinajstić information content (AvgIpc) is 2.48. The number of nitrogens with one attached hydrogen (secondary N) is 2. The third-order valence-corrected chi connectivity index (χ3v) is 2.94. The Bertz CT molecular complexity index is 711. The van der Waals surface area contributed by atoms with E-state index < -0.39 is 5.91 Å². The highest BCUT2D eigenvalue weighted by molar-refractivity contribution is 7.80. The van der Waals surface area contributed by atoms with Crippen LogP contribution in [-0.4, -0.2) is 16.9 Å². The minimum Gasteiger partial charge on any atom is -0.376 e. The summed E-state index contributed by atoms with van der Waals surface area (Å²) in [5.74, 6) is -0.785. The molecule has 0 radical (unpaired) electrons. The SMILES string of the molecule is NC(=O)c1ccc(NC(=O)c2ccc(NC(N)=S)cc2)cc1. The normalized spacial score (nSPS) is 9.82. The van der Waals surface area contributed by atoms with Crippen molar-refractivity contribution in [3.05, 3.63) is 59.7 Å². The molecular weight excluding hydrogens is 300 g/mol. The molecule has 0 bridgehead atoms. The fourth-order valence-electron chi connectivity index (χ4n) is 1.77. The van der Waals surface area contributed by atoms with Crippen LogP contribution in [0.5, 0.6) is 0 Å². The molecule has 6 nitrogen and oxygen atoms in total. The van der Waals surface area contributed by atoms with Crippen molar-refractivity contribution in [2.75, 3.05) is 10.6 Å². The van der Waals surface area contributed by atoms with Crippen LogP contribution in [0, 0.1) is 0 Å². The smallest absolute Gasteiger partial charge is 0.255 e. The molecule has 22 heavy (non-hydrogen) atoms. The highest BCUT2D eigenvalue weighted by Gasteiger charge is 2.07. The van der Waals surface area contributed by atoms with Gasteiger partial charge in [0.2, 0.25) is 5.91 Å². The molecule has 0 saturated heterocycles. The van der Waals surface area contributed by atoms with E-state index in [1.54, 1.807) is 48.5 Å². The number of carbonyl (C=O) groups is 2. The molecule has 0 atom stereocenters. The van der Waals surface area contributed by atoms with Gasteiger partial charge in [-0.3, -0.25) is 9.59 Å². The quantitative estimate of drug-likeness (QED) is 0.642. The molecule has 0 unspecified atom stereocenters. The highest BCUT2D eigenvalue weighted by Crippen LogP contribution is 2.13. The number of carbonyl (C=O) groups excluding carboxylic acids is 2. The fourth-order valence-corrected chi connectivity index (χ4v) is 1.89. The summed E-state index contributed by atoms with van der Waals surface area (Å²) >= 11 is 4.73. The van der Waals surface area contributed by atoms with Gasteiger partial charge in [0.1, 0.15) is 0 Å². The fraction of sp³-hybridized carbons (Fsp3) is 0. The average molecular weight is 314 g/mol. The first-order valence-corrected chi connectivity index (χ1v) is 6.74. The summed E-state index contributed by atoms with van der Waals surface area (Å²) in [5.41, 5.74) is 12.7. The molecule has 0 aromatic heterocycles. The van der Waals surface area contributed by atoms with Crippen molar-refractivity contribution in [2.24, 2.45) is 11.5 Å². The van der Waals surface area contributed by atoms with Crippen molar-refractivity contribution in [3.63, 3.8) is 0 Å². The van der Waals surface area contributed by atoms with Gasteiger partial charge in [0.15, 0.2) is 5.11 Å². The van der Waals surface area contributed by atoms with Crippen molar-refractivity contribution in [3.8, 4) is 0 Å². The van der Waals surface area contributed by atoms with Gasteiger partial charge in [-0.2, -0.15) is 0 Å². The number of anilines is 2. The van der Waals surface area contributed by atoms with Crippen LogP contribution in [0.25, 0.3) is 0 Å². The number of benzene rings is 2. The number of rotatable bonds is 4. The van der Waals surface area contributed by atoms with E-state index in [0.29, 0.717) is 22.5 Å². The lowest BCUT2D eigenvalue weighted by Crippen LogP contribution is -2.19. The molecule has 112 valence electrons. The Balaban J connectivity index is 2.05. The van der Waals surface area contributed by atoms with E-state index in [1.165, 1.54) is 0 Å². The topological polar surface area (TPSA) is 110 Å². The number of amides is 2. The lowest BCUT2D eigenvalue weighted by molar-refractivity contribution is 0.0998. The van der Waals surface area contributed by atoms with Crippen LogP contribution in [-0.2, 0) is 0 Å². The van der Waals surface area contributed by atoms with Gasteiger partial charge in [0, 0.05) is 22.5 Å². The van der Waals surface area contributed by atoms with Crippen molar-refractivity contribution in [1.29, 1.82) is 0 Å². The molecule has 2 aromatic rings. The van der Waals surface area contributed by atoms with Gasteiger partial charge in [-0.15, -0.1) is 0 Å². The maximum atomic E-state index is 12.1. The van der Waals surface area contributed by atoms with E-state index in [2.05, 4.69) is 10.6 Å². The standard InChI is InChI=1S/C15H14N4O2S/c16-13(20)9-1-5-11(6-2-9)18-14(21)10-3-7-12(8-4-10)19-15(17)22/h1-8H,(H2,16,20)(H,18,21)(H3,17,19,22). The molecule has 7 heteroatoms. The lowest BCUT2D eigenvalue weighted by atomic mass is 10.1. The van der Waals surface area contributed by atoms with Crippen molar-refractivity contribution in [2.45, 2.75) is 0 Å². The summed E-state index contributed by atoms with van der Waals surface area (Å²) in [7, 11) is 0. The minimum atomic E-state index is -0.515. The van der Waals surface area contributed by atoms with Gasteiger partial charge in [0.25, 0.3) is 5.91 Å². The van der Waals surface area contributed by atoms with Crippen LogP contribution in [0.4, 0.5) is 11.4 Å². The van der Waals surface area contributed by atoms with Gasteiger partial charge < -0.3 is 22.1 Å². The molecule has 2 amide bonds. The summed E-state index contributed by atoms with van der Waals surface area (Å²) in [6.07, 6.45) is 0. The number of primary amides is 1. The van der Waals surface area contributed by atoms with Crippen LogP contribution in [0.3, 0.4) is 0 Å². The Morgan fingerprint density at radius 2 is 1.23 bits per heavy atom. The van der Waals surface area contributed by atoms with Gasteiger partial charge in [-0.1, -0.05) is 0 Å². The summed E-state index contributed by atoms with van der Waals surface area (Å²) < 4.78 is 0. The van der Waals surface area contributed by atoms with E-state index in [9.17, 15) is 9.59 Å². The summed E-state index contributed by atoms with van der Waals surface area (Å²) in [6, 6.07) is 13.0. The van der Waals surface area contributed by atoms with Crippen LogP contribution in [0.1, 0.15) is 20.7 Å². The number of thiocarbonyl (C=S) groups is 1. The van der Waals surface area contributed by atoms with E-state index in [4.69, 9.17) is 23.7 Å². The van der Waals surface area contributed by atoms with Gasteiger partial charge in [-0.05, 0) is 60.7 Å². The van der Waals surface area contributed by atoms with Crippen LogP contribution < -0.4 is 22.1 Å². The maximum absolute atomic E-state index is 12.1. The van der Waals surface area contributed by atoms with Crippen LogP contribution in [0.2, 0.25) is 0 Å². The minimum absolute atomic E-state index is 0.159. The second-order valence-corrected chi connectivity index (χ2v) is 4.90. The van der Waals surface area contributed by atoms with Crippen LogP contribution in [0.15, 0.2) is 48.5 Å². The summed E-state index contributed by atoms with van der Waals surface area (Å²) in [5, 5.41) is 5.65. The Morgan fingerprint density at radius 3 is 1.68 bits per heavy atom. The van der Waals surface area contributed by atoms with E-state index >= 15 is 0 Å². The molecule has 0 aliphatic heterocycles. The Hall–Kier alpha value is -2.93. The molecule has 2 aromatic carbocycles. The van der Waals surface area contributed by atoms with E-state index in [1.807, 2.05) is 0 Å². The molecule has 0 fully saturated rings. The van der Waals surface area contributed by atoms with Gasteiger partial charge in [-0.25, -0.2) is 0 Å².